The summed E-state index contributed by atoms with van der Waals surface area (Å²) in [6, 6.07) is 7.01. The Balaban J connectivity index is 2.66. The number of benzene rings is 1. The van der Waals surface area contributed by atoms with Crippen LogP contribution in [0.5, 0.6) is 11.5 Å². The average molecular weight is 295 g/mol. The Labute approximate surface area is 126 Å². The van der Waals surface area contributed by atoms with Crippen molar-refractivity contribution in [1.82, 2.24) is 5.32 Å². The van der Waals surface area contributed by atoms with Gasteiger partial charge >= 0.3 is 0 Å². The molecular formula is C16H25NO4. The first-order valence-corrected chi connectivity index (χ1v) is 6.92. The van der Waals surface area contributed by atoms with Crippen molar-refractivity contribution >= 4 is 5.91 Å². The lowest BCUT2D eigenvalue weighted by molar-refractivity contribution is -0.132. The summed E-state index contributed by atoms with van der Waals surface area (Å²) in [5.74, 6) is 1.03. The number of nitrogens with one attached hydrogen (secondary N) is 1. The van der Waals surface area contributed by atoms with Gasteiger partial charge in [0.25, 0.3) is 5.91 Å². The maximum atomic E-state index is 12.2. The largest absolute Gasteiger partial charge is 0.497 e. The first-order chi connectivity index (χ1) is 9.56. The smallest absolute Gasteiger partial charge is 0.261 e. The van der Waals surface area contributed by atoms with Gasteiger partial charge in [-0.2, -0.15) is 0 Å². The summed E-state index contributed by atoms with van der Waals surface area (Å²) in [5.41, 5.74) is -1.80. The van der Waals surface area contributed by atoms with Crippen LogP contribution in [0.4, 0.5) is 0 Å². The van der Waals surface area contributed by atoms with Crippen molar-refractivity contribution in [3.8, 4) is 11.5 Å². The molecule has 1 aromatic rings. The van der Waals surface area contributed by atoms with Crippen molar-refractivity contribution in [3.05, 3.63) is 24.3 Å². The van der Waals surface area contributed by atoms with Gasteiger partial charge in [-0.25, -0.2) is 0 Å². The second kappa shape index (κ2) is 6.35. The van der Waals surface area contributed by atoms with E-state index < -0.39 is 17.2 Å². The minimum Gasteiger partial charge on any atom is -0.497 e. The van der Waals surface area contributed by atoms with E-state index in [1.807, 2.05) is 0 Å². The van der Waals surface area contributed by atoms with Crippen LogP contribution >= 0.6 is 0 Å². The number of methoxy groups -OCH3 is 1. The fourth-order valence-corrected chi connectivity index (χ4v) is 1.47. The van der Waals surface area contributed by atoms with Crippen LogP contribution in [0.2, 0.25) is 0 Å². The van der Waals surface area contributed by atoms with Gasteiger partial charge in [0.05, 0.1) is 18.2 Å². The summed E-state index contributed by atoms with van der Waals surface area (Å²) in [7, 11) is 1.59. The number of rotatable bonds is 6. The van der Waals surface area contributed by atoms with E-state index in [1.165, 1.54) is 0 Å². The van der Waals surface area contributed by atoms with Gasteiger partial charge in [-0.05, 0) is 58.9 Å². The number of ether oxygens (including phenoxy) is 2. The Kier molecular flexibility index (Phi) is 5.23. The van der Waals surface area contributed by atoms with Gasteiger partial charge in [0.15, 0.2) is 6.10 Å². The Morgan fingerprint density at radius 1 is 1.14 bits per heavy atom. The molecule has 0 radical (unpaired) electrons. The van der Waals surface area contributed by atoms with E-state index in [-0.39, 0.29) is 5.91 Å². The molecule has 0 aromatic heterocycles. The van der Waals surface area contributed by atoms with Gasteiger partial charge in [-0.1, -0.05) is 0 Å². The average Bonchev–Trinajstić information content (AvgIpc) is 2.37. The van der Waals surface area contributed by atoms with Crippen LogP contribution in [0, 0.1) is 0 Å². The molecule has 118 valence electrons. The molecule has 1 amide bonds. The number of amides is 1. The highest BCUT2D eigenvalue weighted by Gasteiger charge is 2.37. The maximum Gasteiger partial charge on any atom is 0.261 e. The van der Waals surface area contributed by atoms with Crippen LogP contribution < -0.4 is 14.8 Å². The van der Waals surface area contributed by atoms with Crippen LogP contribution in [0.15, 0.2) is 24.3 Å². The molecule has 1 atom stereocenters. The molecule has 1 unspecified atom stereocenters. The molecule has 0 fully saturated rings. The first kappa shape index (κ1) is 17.3. The molecule has 1 aromatic carbocycles. The molecule has 5 heteroatoms. The topological polar surface area (TPSA) is 67.8 Å². The molecule has 0 saturated heterocycles. The van der Waals surface area contributed by atoms with Gasteiger partial charge in [-0.15, -0.1) is 0 Å². The summed E-state index contributed by atoms with van der Waals surface area (Å²) in [4.78, 5) is 12.2. The lowest BCUT2D eigenvalue weighted by Crippen LogP contribution is -2.59. The first-order valence-electron chi connectivity index (χ1n) is 6.92. The Morgan fingerprint density at radius 2 is 1.62 bits per heavy atom. The van der Waals surface area contributed by atoms with Crippen molar-refractivity contribution in [2.75, 3.05) is 7.11 Å². The maximum absolute atomic E-state index is 12.2. The standard InChI is InChI=1S/C16H25NO4/c1-11(14(18)17-15(2,3)16(4,5)19)21-13-9-7-12(20-6)8-10-13/h7-11,19H,1-6H3,(H,17,18). The van der Waals surface area contributed by atoms with Crippen LogP contribution in [0.25, 0.3) is 0 Å². The molecule has 0 aliphatic carbocycles. The monoisotopic (exact) mass is 295 g/mol. The van der Waals surface area contributed by atoms with E-state index in [0.717, 1.165) is 5.75 Å². The van der Waals surface area contributed by atoms with Crippen LogP contribution in [-0.2, 0) is 4.79 Å². The van der Waals surface area contributed by atoms with E-state index in [1.54, 1.807) is 66.0 Å². The van der Waals surface area contributed by atoms with Gasteiger partial charge in [0.1, 0.15) is 11.5 Å². The van der Waals surface area contributed by atoms with E-state index in [4.69, 9.17) is 9.47 Å². The molecule has 1 rings (SSSR count). The number of hydrogen-bond acceptors (Lipinski definition) is 4. The second-order valence-corrected chi connectivity index (χ2v) is 6.11. The highest BCUT2D eigenvalue weighted by Crippen LogP contribution is 2.22. The van der Waals surface area contributed by atoms with Crippen molar-refractivity contribution in [2.45, 2.75) is 51.9 Å². The number of carbonyl (C=O) groups is 1. The Morgan fingerprint density at radius 3 is 2.05 bits per heavy atom. The SMILES string of the molecule is COc1ccc(OC(C)C(=O)NC(C)(C)C(C)(C)O)cc1. The van der Waals surface area contributed by atoms with Gasteiger partial charge in [0, 0.05) is 0 Å². The lowest BCUT2D eigenvalue weighted by Gasteiger charge is -2.38. The highest BCUT2D eigenvalue weighted by atomic mass is 16.5. The molecule has 0 aliphatic rings. The normalized spacial score (nSPS) is 13.5. The number of carbonyl (C=O) groups excluding carboxylic acids is 1. The summed E-state index contributed by atoms with van der Waals surface area (Å²) < 4.78 is 10.6. The fourth-order valence-electron chi connectivity index (χ4n) is 1.47. The quantitative estimate of drug-likeness (QED) is 0.843. The lowest BCUT2D eigenvalue weighted by atomic mass is 9.86. The third-order valence-corrected chi connectivity index (χ3v) is 3.71. The third kappa shape index (κ3) is 4.63. The molecule has 0 spiro atoms. The molecular weight excluding hydrogens is 270 g/mol. The van der Waals surface area contributed by atoms with Crippen LogP contribution in [-0.4, -0.2) is 35.4 Å². The van der Waals surface area contributed by atoms with Crippen LogP contribution in [0.3, 0.4) is 0 Å². The van der Waals surface area contributed by atoms with Crippen molar-refractivity contribution in [1.29, 1.82) is 0 Å². The zero-order chi connectivity index (χ0) is 16.3. The molecule has 0 bridgehead atoms. The zero-order valence-corrected chi connectivity index (χ0v) is 13.6. The van der Waals surface area contributed by atoms with Crippen LogP contribution in [0.1, 0.15) is 34.6 Å². The fraction of sp³-hybridized carbons (Fsp3) is 0.562. The van der Waals surface area contributed by atoms with Gasteiger partial charge in [0.2, 0.25) is 0 Å². The second-order valence-electron chi connectivity index (χ2n) is 6.11. The van der Waals surface area contributed by atoms with Crippen molar-refractivity contribution in [2.24, 2.45) is 0 Å². The predicted molar refractivity (Wildman–Crippen MR) is 81.6 cm³/mol. The molecule has 0 heterocycles. The van der Waals surface area contributed by atoms with Gasteiger partial charge in [-0.3, -0.25) is 4.79 Å². The minimum absolute atomic E-state index is 0.280. The zero-order valence-electron chi connectivity index (χ0n) is 13.6. The molecule has 21 heavy (non-hydrogen) atoms. The number of aliphatic hydroxyl groups is 1. The molecule has 5 nitrogen and oxygen atoms in total. The van der Waals surface area contributed by atoms with Crippen molar-refractivity contribution < 1.29 is 19.4 Å². The molecule has 0 aliphatic heterocycles. The van der Waals surface area contributed by atoms with Crippen molar-refractivity contribution in [3.63, 3.8) is 0 Å². The van der Waals surface area contributed by atoms with E-state index in [0.29, 0.717) is 5.75 Å². The third-order valence-electron chi connectivity index (χ3n) is 3.71. The summed E-state index contributed by atoms with van der Waals surface area (Å²) in [6.07, 6.45) is -0.667. The van der Waals surface area contributed by atoms with E-state index >= 15 is 0 Å². The van der Waals surface area contributed by atoms with E-state index in [9.17, 15) is 9.90 Å². The highest BCUT2D eigenvalue weighted by molar-refractivity contribution is 5.81. The summed E-state index contributed by atoms with van der Waals surface area (Å²) in [5, 5.41) is 12.9. The Bertz CT molecular complexity index is 474. The number of hydrogen-bond donors (Lipinski definition) is 2. The molecule has 0 saturated carbocycles. The summed E-state index contributed by atoms with van der Waals surface area (Å²) in [6.45, 7) is 8.51. The molecule has 2 N–H and O–H groups in total. The summed E-state index contributed by atoms with van der Waals surface area (Å²) >= 11 is 0. The Hall–Kier alpha value is -1.75. The van der Waals surface area contributed by atoms with E-state index in [2.05, 4.69) is 5.32 Å². The van der Waals surface area contributed by atoms with Gasteiger partial charge < -0.3 is 19.9 Å². The minimum atomic E-state index is -1.04. The predicted octanol–water partition coefficient (Wildman–Crippen LogP) is 2.13.